The minimum atomic E-state index is -0.0143. The van der Waals surface area contributed by atoms with Crippen LogP contribution < -0.4 is 0 Å². The quantitative estimate of drug-likeness (QED) is 0.817. The Bertz CT molecular complexity index is 729. The SMILES string of the molecule is O=C1C=CC(=C(c2ccc(O)cc2)c2ccc(S)cc2)C=C1. The second-order valence-corrected chi connectivity index (χ2v) is 5.51. The Balaban J connectivity index is 2.18. The lowest BCUT2D eigenvalue weighted by atomic mass is 9.91. The molecule has 0 aromatic heterocycles. The molecule has 108 valence electrons. The monoisotopic (exact) mass is 306 g/mol. The van der Waals surface area contributed by atoms with Gasteiger partial charge in [-0.1, -0.05) is 36.4 Å². The third kappa shape index (κ3) is 3.05. The van der Waals surface area contributed by atoms with Crippen molar-refractivity contribution in [2.24, 2.45) is 0 Å². The number of carbonyl (C=O) groups is 1. The van der Waals surface area contributed by atoms with Gasteiger partial charge >= 0.3 is 0 Å². The number of rotatable bonds is 2. The number of phenolic OH excluding ortho intramolecular Hbond substituents is 1. The van der Waals surface area contributed by atoms with Crippen LogP contribution >= 0.6 is 12.6 Å². The molecule has 0 unspecified atom stereocenters. The molecule has 0 heterocycles. The zero-order valence-electron chi connectivity index (χ0n) is 11.7. The molecule has 3 rings (SSSR count). The van der Waals surface area contributed by atoms with Gasteiger partial charge in [-0.3, -0.25) is 4.79 Å². The van der Waals surface area contributed by atoms with Crippen LogP contribution in [0.2, 0.25) is 0 Å². The van der Waals surface area contributed by atoms with E-state index in [1.807, 2.05) is 48.6 Å². The van der Waals surface area contributed by atoms with Crippen LogP contribution in [0.15, 0.2) is 83.3 Å². The van der Waals surface area contributed by atoms with Gasteiger partial charge in [0.15, 0.2) is 5.78 Å². The summed E-state index contributed by atoms with van der Waals surface area (Å²) >= 11 is 4.32. The first-order valence-corrected chi connectivity index (χ1v) is 7.31. The minimum absolute atomic E-state index is 0.0143. The number of benzene rings is 2. The molecular formula is C19H14O2S. The number of thiol groups is 1. The van der Waals surface area contributed by atoms with Gasteiger partial charge in [0.2, 0.25) is 0 Å². The molecule has 2 nitrogen and oxygen atoms in total. The van der Waals surface area contributed by atoms with Crippen LogP contribution in [-0.4, -0.2) is 10.9 Å². The predicted molar refractivity (Wildman–Crippen MR) is 91.1 cm³/mol. The maximum atomic E-state index is 11.4. The lowest BCUT2D eigenvalue weighted by molar-refractivity contribution is -0.110. The van der Waals surface area contributed by atoms with E-state index in [2.05, 4.69) is 12.6 Å². The van der Waals surface area contributed by atoms with Crippen molar-refractivity contribution < 1.29 is 9.90 Å². The van der Waals surface area contributed by atoms with Gasteiger partial charge < -0.3 is 5.11 Å². The molecule has 2 aromatic rings. The average Bonchev–Trinajstić information content (AvgIpc) is 2.53. The Hall–Kier alpha value is -2.52. The molecule has 1 aliphatic carbocycles. The summed E-state index contributed by atoms with van der Waals surface area (Å²) < 4.78 is 0. The van der Waals surface area contributed by atoms with Gasteiger partial charge in [-0.25, -0.2) is 0 Å². The first-order valence-electron chi connectivity index (χ1n) is 6.87. The molecule has 22 heavy (non-hydrogen) atoms. The molecule has 0 atom stereocenters. The topological polar surface area (TPSA) is 37.3 Å². The molecule has 0 amide bonds. The van der Waals surface area contributed by atoms with E-state index in [1.165, 1.54) is 0 Å². The molecular weight excluding hydrogens is 292 g/mol. The highest BCUT2D eigenvalue weighted by Gasteiger charge is 2.11. The van der Waals surface area contributed by atoms with E-state index in [1.54, 1.807) is 24.3 Å². The Morgan fingerprint density at radius 1 is 0.773 bits per heavy atom. The molecule has 0 saturated carbocycles. The normalized spacial score (nSPS) is 13.5. The summed E-state index contributed by atoms with van der Waals surface area (Å²) in [6.07, 6.45) is 6.75. The van der Waals surface area contributed by atoms with Crippen molar-refractivity contribution in [2.45, 2.75) is 4.90 Å². The summed E-state index contributed by atoms with van der Waals surface area (Å²) in [5.41, 5.74) is 3.97. The number of phenols is 1. The number of ketones is 1. The fourth-order valence-electron chi connectivity index (χ4n) is 2.38. The van der Waals surface area contributed by atoms with Crippen LogP contribution in [0.5, 0.6) is 5.75 Å². The molecule has 1 N–H and O–H groups in total. The van der Waals surface area contributed by atoms with Crippen molar-refractivity contribution in [2.75, 3.05) is 0 Å². The zero-order chi connectivity index (χ0) is 15.5. The number of carbonyl (C=O) groups excluding carboxylic acids is 1. The summed E-state index contributed by atoms with van der Waals surface area (Å²) in [6, 6.07) is 14.9. The van der Waals surface area contributed by atoms with Crippen LogP contribution in [0.4, 0.5) is 0 Å². The Morgan fingerprint density at radius 3 is 1.82 bits per heavy atom. The van der Waals surface area contributed by atoms with Crippen LogP contribution in [0, 0.1) is 0 Å². The predicted octanol–water partition coefficient (Wildman–Crippen LogP) is 4.18. The van der Waals surface area contributed by atoms with Crippen molar-refractivity contribution in [1.82, 2.24) is 0 Å². The summed E-state index contributed by atoms with van der Waals surface area (Å²) in [4.78, 5) is 12.2. The third-order valence-corrected chi connectivity index (χ3v) is 3.75. The zero-order valence-corrected chi connectivity index (χ0v) is 12.6. The molecule has 3 heteroatoms. The third-order valence-electron chi connectivity index (χ3n) is 3.45. The summed E-state index contributed by atoms with van der Waals surface area (Å²) in [5, 5.41) is 9.49. The van der Waals surface area contributed by atoms with Gasteiger partial charge in [-0.2, -0.15) is 0 Å². The van der Waals surface area contributed by atoms with E-state index in [0.29, 0.717) is 0 Å². The van der Waals surface area contributed by atoms with Crippen LogP contribution in [0.3, 0.4) is 0 Å². The maximum Gasteiger partial charge on any atom is 0.178 e. The van der Waals surface area contributed by atoms with Gasteiger partial charge in [0, 0.05) is 4.90 Å². The largest absolute Gasteiger partial charge is 0.508 e. The van der Waals surface area contributed by atoms with E-state index in [9.17, 15) is 9.90 Å². The second-order valence-electron chi connectivity index (χ2n) is 4.99. The standard InChI is InChI=1S/C19H14O2S/c20-16-7-1-13(2-8-16)19(14-3-9-17(21)10-4-14)15-5-11-18(22)12-6-15/h1-12,20,22H. The first-order chi connectivity index (χ1) is 10.6. The van der Waals surface area contributed by atoms with Crippen molar-refractivity contribution in [3.63, 3.8) is 0 Å². The van der Waals surface area contributed by atoms with Crippen molar-refractivity contribution in [1.29, 1.82) is 0 Å². The van der Waals surface area contributed by atoms with Gasteiger partial charge in [-0.15, -0.1) is 12.6 Å². The molecule has 0 radical (unpaired) electrons. The van der Waals surface area contributed by atoms with Gasteiger partial charge in [0.1, 0.15) is 5.75 Å². The summed E-state index contributed by atoms with van der Waals surface area (Å²) in [5.74, 6) is 0.211. The summed E-state index contributed by atoms with van der Waals surface area (Å²) in [6.45, 7) is 0. The van der Waals surface area contributed by atoms with Crippen molar-refractivity contribution in [3.05, 3.63) is 89.5 Å². The van der Waals surface area contributed by atoms with E-state index >= 15 is 0 Å². The fraction of sp³-hybridized carbons (Fsp3) is 0. The van der Waals surface area contributed by atoms with Crippen LogP contribution in [-0.2, 0) is 4.79 Å². The van der Waals surface area contributed by atoms with Crippen LogP contribution in [0.25, 0.3) is 5.57 Å². The Kier molecular flexibility index (Phi) is 3.98. The molecule has 0 bridgehead atoms. The maximum absolute atomic E-state index is 11.4. The van der Waals surface area contributed by atoms with Gasteiger partial charge in [0.05, 0.1) is 0 Å². The number of allylic oxidation sites excluding steroid dienone is 5. The molecule has 2 aromatic carbocycles. The highest BCUT2D eigenvalue weighted by Crippen LogP contribution is 2.31. The van der Waals surface area contributed by atoms with E-state index in [4.69, 9.17) is 0 Å². The molecule has 0 fully saturated rings. The Morgan fingerprint density at radius 2 is 1.27 bits per heavy atom. The molecule has 0 spiro atoms. The second kappa shape index (κ2) is 6.08. The van der Waals surface area contributed by atoms with Crippen molar-refractivity contribution >= 4 is 24.0 Å². The molecule has 0 saturated heterocycles. The molecule has 1 aliphatic rings. The van der Waals surface area contributed by atoms with Gasteiger partial charge in [0.25, 0.3) is 0 Å². The van der Waals surface area contributed by atoms with E-state index in [-0.39, 0.29) is 11.5 Å². The lowest BCUT2D eigenvalue weighted by Gasteiger charge is -2.13. The Labute approximate surface area is 134 Å². The minimum Gasteiger partial charge on any atom is -0.508 e. The highest BCUT2D eigenvalue weighted by molar-refractivity contribution is 7.80. The first kappa shape index (κ1) is 14.4. The number of hydrogen-bond acceptors (Lipinski definition) is 3. The smallest absolute Gasteiger partial charge is 0.178 e. The summed E-state index contributed by atoms with van der Waals surface area (Å²) in [7, 11) is 0. The van der Waals surface area contributed by atoms with Crippen molar-refractivity contribution in [3.8, 4) is 5.75 Å². The van der Waals surface area contributed by atoms with E-state index in [0.717, 1.165) is 27.2 Å². The van der Waals surface area contributed by atoms with Gasteiger partial charge in [-0.05, 0) is 58.7 Å². The number of hydrogen-bond donors (Lipinski definition) is 2. The lowest BCUT2D eigenvalue weighted by Crippen LogP contribution is -1.97. The highest BCUT2D eigenvalue weighted by atomic mass is 32.1. The van der Waals surface area contributed by atoms with E-state index < -0.39 is 0 Å². The van der Waals surface area contributed by atoms with Crippen LogP contribution in [0.1, 0.15) is 11.1 Å². The average molecular weight is 306 g/mol. The number of aromatic hydroxyl groups is 1. The molecule has 0 aliphatic heterocycles. The fourth-order valence-corrected chi connectivity index (χ4v) is 2.53.